The number of aryl methyl sites for hydroxylation is 1. The first-order valence-electron chi connectivity index (χ1n) is 6.46. The number of imidazole rings is 1. The molecule has 102 valence electrons. The summed E-state index contributed by atoms with van der Waals surface area (Å²) in [5.74, 6) is 0.870. The van der Waals surface area contributed by atoms with Gasteiger partial charge < -0.3 is 10.3 Å². The lowest BCUT2D eigenvalue weighted by molar-refractivity contribution is -0.121. The summed E-state index contributed by atoms with van der Waals surface area (Å²) in [5, 5.41) is 2.89. The predicted octanol–water partition coefficient (Wildman–Crippen LogP) is 2.57. The molecule has 2 heterocycles. The minimum absolute atomic E-state index is 0.0723. The lowest BCUT2D eigenvalue weighted by Gasteiger charge is -2.02. The highest BCUT2D eigenvalue weighted by molar-refractivity contribution is 9.10. The number of pyridine rings is 1. The van der Waals surface area contributed by atoms with Crippen molar-refractivity contribution in [2.45, 2.75) is 32.6 Å². The van der Waals surface area contributed by atoms with E-state index in [9.17, 15) is 4.79 Å². The average molecular weight is 325 g/mol. The van der Waals surface area contributed by atoms with Crippen molar-refractivity contribution in [1.82, 2.24) is 20.3 Å². The molecule has 2 N–H and O–H groups in total. The highest BCUT2D eigenvalue weighted by Gasteiger charge is 2.07. The summed E-state index contributed by atoms with van der Waals surface area (Å²) < 4.78 is 0.910. The number of carbonyl (C=O) groups is 1. The minimum atomic E-state index is 0.0723. The molecule has 2 aromatic rings. The zero-order chi connectivity index (χ0) is 13.7. The molecular weight excluding hydrogens is 308 g/mol. The van der Waals surface area contributed by atoms with Crippen LogP contribution < -0.4 is 5.32 Å². The van der Waals surface area contributed by atoms with E-state index in [4.69, 9.17) is 0 Å². The number of fused-ring (bicyclic) bond motifs is 1. The summed E-state index contributed by atoms with van der Waals surface area (Å²) >= 11 is 3.36. The Bertz CT molecular complexity index is 567. The SMILES string of the molecule is CCCCNC(=O)CCc1nc2ncc(Br)cc2[nH]1. The quantitative estimate of drug-likeness (QED) is 0.802. The molecule has 0 aliphatic carbocycles. The third kappa shape index (κ3) is 4.02. The topological polar surface area (TPSA) is 70.7 Å². The number of carbonyl (C=O) groups excluding carboxylic acids is 1. The normalized spacial score (nSPS) is 10.8. The molecule has 0 saturated carbocycles. The van der Waals surface area contributed by atoms with E-state index in [0.717, 1.165) is 35.2 Å². The Morgan fingerprint density at radius 3 is 3.16 bits per heavy atom. The molecule has 6 heteroatoms. The fraction of sp³-hybridized carbons (Fsp3) is 0.462. The van der Waals surface area contributed by atoms with Gasteiger partial charge in [-0.05, 0) is 28.4 Å². The van der Waals surface area contributed by atoms with E-state index in [-0.39, 0.29) is 5.91 Å². The van der Waals surface area contributed by atoms with Gasteiger partial charge in [-0.15, -0.1) is 0 Å². The fourth-order valence-corrected chi connectivity index (χ4v) is 2.10. The summed E-state index contributed by atoms with van der Waals surface area (Å²) in [4.78, 5) is 23.3. The smallest absolute Gasteiger partial charge is 0.220 e. The zero-order valence-corrected chi connectivity index (χ0v) is 12.5. The van der Waals surface area contributed by atoms with Crippen LogP contribution in [0.1, 0.15) is 32.0 Å². The van der Waals surface area contributed by atoms with Crippen LogP contribution in [0, 0.1) is 0 Å². The molecule has 0 aromatic carbocycles. The standard InChI is InChI=1S/C13H17BrN4O/c1-2-3-6-15-12(19)5-4-11-17-10-7-9(14)8-16-13(10)18-11/h7-8H,2-6H2,1H3,(H,15,19)(H,16,17,18). The van der Waals surface area contributed by atoms with Crippen LogP contribution in [-0.4, -0.2) is 27.4 Å². The van der Waals surface area contributed by atoms with Crippen LogP contribution in [-0.2, 0) is 11.2 Å². The molecule has 0 atom stereocenters. The summed E-state index contributed by atoms with van der Waals surface area (Å²) in [6, 6.07) is 1.93. The predicted molar refractivity (Wildman–Crippen MR) is 77.8 cm³/mol. The number of nitrogens with one attached hydrogen (secondary N) is 2. The Balaban J connectivity index is 1.89. The van der Waals surface area contributed by atoms with Gasteiger partial charge in [0.2, 0.25) is 5.91 Å². The van der Waals surface area contributed by atoms with Crippen LogP contribution in [0.4, 0.5) is 0 Å². The van der Waals surface area contributed by atoms with Gasteiger partial charge in [0.25, 0.3) is 0 Å². The second kappa shape index (κ2) is 6.65. The van der Waals surface area contributed by atoms with E-state index in [1.165, 1.54) is 0 Å². The lowest BCUT2D eigenvalue weighted by Crippen LogP contribution is -2.24. The number of hydrogen-bond acceptors (Lipinski definition) is 3. The van der Waals surface area contributed by atoms with Gasteiger partial charge in [-0.3, -0.25) is 4.79 Å². The molecule has 0 fully saturated rings. The van der Waals surface area contributed by atoms with Crippen molar-refractivity contribution in [1.29, 1.82) is 0 Å². The highest BCUT2D eigenvalue weighted by atomic mass is 79.9. The summed E-state index contributed by atoms with van der Waals surface area (Å²) in [5.41, 5.74) is 1.57. The molecule has 0 aliphatic heterocycles. The average Bonchev–Trinajstić information content (AvgIpc) is 2.78. The largest absolute Gasteiger partial charge is 0.356 e. The molecule has 1 amide bonds. The molecule has 0 radical (unpaired) electrons. The van der Waals surface area contributed by atoms with Gasteiger partial charge in [-0.2, -0.15) is 0 Å². The van der Waals surface area contributed by atoms with E-state index in [1.807, 2.05) is 6.07 Å². The Labute approximate surface area is 120 Å². The molecule has 0 bridgehead atoms. The number of nitrogens with zero attached hydrogens (tertiary/aromatic N) is 2. The number of unbranched alkanes of at least 4 members (excludes halogenated alkanes) is 1. The van der Waals surface area contributed by atoms with Crippen molar-refractivity contribution >= 4 is 33.0 Å². The third-order valence-electron chi connectivity index (χ3n) is 2.79. The molecule has 0 saturated heterocycles. The summed E-state index contributed by atoms with van der Waals surface area (Å²) in [6.07, 6.45) is 4.87. The molecular formula is C13H17BrN4O. The van der Waals surface area contributed by atoms with Crippen LogP contribution in [0.3, 0.4) is 0 Å². The van der Waals surface area contributed by atoms with E-state index in [2.05, 4.69) is 43.1 Å². The van der Waals surface area contributed by atoms with Crippen LogP contribution >= 0.6 is 15.9 Å². The van der Waals surface area contributed by atoms with Crippen LogP contribution in [0.5, 0.6) is 0 Å². The van der Waals surface area contributed by atoms with Gasteiger partial charge in [0.15, 0.2) is 5.65 Å². The van der Waals surface area contributed by atoms with E-state index in [0.29, 0.717) is 18.5 Å². The summed E-state index contributed by atoms with van der Waals surface area (Å²) in [6.45, 7) is 2.86. The monoisotopic (exact) mass is 324 g/mol. The van der Waals surface area contributed by atoms with Gasteiger partial charge in [0.1, 0.15) is 5.82 Å². The first-order valence-corrected chi connectivity index (χ1v) is 7.25. The zero-order valence-electron chi connectivity index (χ0n) is 10.9. The minimum Gasteiger partial charge on any atom is -0.356 e. The first kappa shape index (κ1) is 14.0. The Morgan fingerprint density at radius 2 is 2.37 bits per heavy atom. The number of amides is 1. The van der Waals surface area contributed by atoms with Gasteiger partial charge >= 0.3 is 0 Å². The van der Waals surface area contributed by atoms with Crippen molar-refractivity contribution < 1.29 is 4.79 Å². The number of aromatic nitrogens is 3. The third-order valence-corrected chi connectivity index (χ3v) is 3.23. The fourth-order valence-electron chi connectivity index (χ4n) is 1.77. The molecule has 5 nitrogen and oxygen atoms in total. The van der Waals surface area contributed by atoms with Crippen molar-refractivity contribution in [3.8, 4) is 0 Å². The number of aromatic amines is 1. The summed E-state index contributed by atoms with van der Waals surface area (Å²) in [7, 11) is 0. The molecule has 2 rings (SSSR count). The molecule has 2 aromatic heterocycles. The maximum Gasteiger partial charge on any atom is 0.220 e. The molecule has 0 aliphatic rings. The maximum atomic E-state index is 11.6. The van der Waals surface area contributed by atoms with Gasteiger partial charge in [-0.25, -0.2) is 9.97 Å². The molecule has 19 heavy (non-hydrogen) atoms. The van der Waals surface area contributed by atoms with Gasteiger partial charge in [0.05, 0.1) is 5.52 Å². The van der Waals surface area contributed by atoms with Crippen molar-refractivity contribution in [2.75, 3.05) is 6.54 Å². The molecule has 0 unspecified atom stereocenters. The number of halogens is 1. The highest BCUT2D eigenvalue weighted by Crippen LogP contribution is 2.15. The van der Waals surface area contributed by atoms with Crippen molar-refractivity contribution in [3.63, 3.8) is 0 Å². The van der Waals surface area contributed by atoms with Gasteiger partial charge in [0, 0.05) is 30.1 Å². The number of hydrogen-bond donors (Lipinski definition) is 2. The van der Waals surface area contributed by atoms with Crippen molar-refractivity contribution in [2.24, 2.45) is 0 Å². The molecule has 0 spiro atoms. The Morgan fingerprint density at radius 1 is 1.53 bits per heavy atom. The number of H-pyrrole nitrogens is 1. The Hall–Kier alpha value is -1.43. The van der Waals surface area contributed by atoms with E-state index >= 15 is 0 Å². The van der Waals surface area contributed by atoms with Crippen molar-refractivity contribution in [3.05, 3.63) is 22.6 Å². The van der Waals surface area contributed by atoms with E-state index in [1.54, 1.807) is 6.20 Å². The Kier molecular flexibility index (Phi) is 4.90. The second-order valence-corrected chi connectivity index (χ2v) is 5.33. The second-order valence-electron chi connectivity index (χ2n) is 4.41. The first-order chi connectivity index (χ1) is 9.19. The maximum absolute atomic E-state index is 11.6. The number of rotatable bonds is 6. The van der Waals surface area contributed by atoms with Gasteiger partial charge in [-0.1, -0.05) is 13.3 Å². The van der Waals surface area contributed by atoms with Crippen LogP contribution in [0.15, 0.2) is 16.7 Å². The van der Waals surface area contributed by atoms with Crippen LogP contribution in [0.25, 0.3) is 11.2 Å². The van der Waals surface area contributed by atoms with Crippen LogP contribution in [0.2, 0.25) is 0 Å². The van der Waals surface area contributed by atoms with E-state index < -0.39 is 0 Å². The lowest BCUT2D eigenvalue weighted by atomic mass is 10.2.